The minimum Gasteiger partial charge on any atom is -0.465 e. The quantitative estimate of drug-likeness (QED) is 0.646. The Morgan fingerprint density at radius 2 is 2.29 bits per heavy atom. The van der Waals surface area contributed by atoms with Crippen LogP contribution in [0.4, 0.5) is 0 Å². The first kappa shape index (κ1) is 8.74. The number of nitrogens with zero attached hydrogens (tertiary/aromatic N) is 1. The molecule has 0 bridgehead atoms. The maximum Gasteiger partial charge on any atom is 0.338 e. The Hall–Kier alpha value is -1.84. The molecule has 0 aliphatic carbocycles. The van der Waals surface area contributed by atoms with E-state index in [2.05, 4.69) is 9.72 Å². The van der Waals surface area contributed by atoms with Crippen LogP contribution in [-0.2, 0) is 4.74 Å². The van der Waals surface area contributed by atoms with Gasteiger partial charge in [-0.25, -0.2) is 9.78 Å². The van der Waals surface area contributed by atoms with Gasteiger partial charge in [0, 0.05) is 0 Å². The molecule has 1 heterocycles. The van der Waals surface area contributed by atoms with E-state index in [4.69, 9.17) is 4.42 Å². The highest BCUT2D eigenvalue weighted by Crippen LogP contribution is 2.18. The van der Waals surface area contributed by atoms with Gasteiger partial charge in [-0.2, -0.15) is 0 Å². The van der Waals surface area contributed by atoms with E-state index in [0.717, 1.165) is 5.56 Å². The molecule has 0 unspecified atom stereocenters. The van der Waals surface area contributed by atoms with Crippen LogP contribution >= 0.6 is 0 Å². The van der Waals surface area contributed by atoms with E-state index >= 15 is 0 Å². The average Bonchev–Trinajstić information content (AvgIpc) is 2.62. The van der Waals surface area contributed by atoms with Gasteiger partial charge >= 0.3 is 5.97 Å². The van der Waals surface area contributed by atoms with Gasteiger partial charge < -0.3 is 9.15 Å². The third-order valence-electron chi connectivity index (χ3n) is 2.08. The Morgan fingerprint density at radius 3 is 3.00 bits per heavy atom. The molecule has 0 aliphatic rings. The van der Waals surface area contributed by atoms with Crippen LogP contribution in [0.25, 0.3) is 11.1 Å². The zero-order chi connectivity index (χ0) is 10.1. The predicted molar refractivity (Wildman–Crippen MR) is 50.1 cm³/mol. The maximum atomic E-state index is 11.3. The van der Waals surface area contributed by atoms with Crippen LogP contribution in [0, 0.1) is 6.92 Å². The van der Waals surface area contributed by atoms with Crippen molar-refractivity contribution >= 4 is 17.1 Å². The molecule has 1 aromatic carbocycles. The molecule has 0 radical (unpaired) electrons. The number of oxazole rings is 1. The molecule has 0 spiro atoms. The number of esters is 1. The second-order valence-corrected chi connectivity index (χ2v) is 2.98. The number of benzene rings is 1. The lowest BCUT2D eigenvalue weighted by Crippen LogP contribution is -2.03. The van der Waals surface area contributed by atoms with Crippen LogP contribution < -0.4 is 0 Å². The van der Waals surface area contributed by atoms with Crippen LogP contribution in [0.2, 0.25) is 0 Å². The van der Waals surface area contributed by atoms with E-state index in [9.17, 15) is 4.79 Å². The van der Waals surface area contributed by atoms with Crippen LogP contribution in [0.5, 0.6) is 0 Å². The van der Waals surface area contributed by atoms with Gasteiger partial charge in [0.25, 0.3) is 0 Å². The van der Waals surface area contributed by atoms with Gasteiger partial charge in [-0.3, -0.25) is 0 Å². The topological polar surface area (TPSA) is 52.3 Å². The van der Waals surface area contributed by atoms with Gasteiger partial charge in [0.2, 0.25) is 0 Å². The molecule has 4 heteroatoms. The standard InChI is InChI=1S/C10H9NO3/c1-6-3-9-8(11-5-14-9)4-7(6)10(12)13-2/h3-5H,1-2H3. The van der Waals surface area contributed by atoms with Crippen LogP contribution in [0.3, 0.4) is 0 Å². The molecular weight excluding hydrogens is 182 g/mol. The lowest BCUT2D eigenvalue weighted by atomic mass is 10.1. The SMILES string of the molecule is COC(=O)c1cc2ncoc2cc1C. The molecule has 0 fully saturated rings. The van der Waals surface area contributed by atoms with E-state index in [1.165, 1.54) is 13.5 Å². The minimum atomic E-state index is -0.354. The first-order valence-corrected chi connectivity index (χ1v) is 4.14. The largest absolute Gasteiger partial charge is 0.465 e. The number of rotatable bonds is 1. The number of carbonyl (C=O) groups is 1. The molecular formula is C10H9NO3. The summed E-state index contributed by atoms with van der Waals surface area (Å²) in [5.41, 5.74) is 2.68. The van der Waals surface area contributed by atoms with E-state index in [0.29, 0.717) is 16.7 Å². The van der Waals surface area contributed by atoms with Crippen LogP contribution in [-0.4, -0.2) is 18.1 Å². The molecule has 0 N–H and O–H groups in total. The number of carbonyl (C=O) groups excluding carboxylic acids is 1. The monoisotopic (exact) mass is 191 g/mol. The summed E-state index contributed by atoms with van der Waals surface area (Å²) in [6.07, 6.45) is 1.35. The van der Waals surface area contributed by atoms with Crippen LogP contribution in [0.1, 0.15) is 15.9 Å². The summed E-state index contributed by atoms with van der Waals surface area (Å²) in [6, 6.07) is 3.44. The first-order valence-electron chi connectivity index (χ1n) is 4.14. The normalized spacial score (nSPS) is 10.4. The van der Waals surface area contributed by atoms with Gasteiger partial charge in [-0.1, -0.05) is 0 Å². The number of fused-ring (bicyclic) bond motifs is 1. The Kier molecular flexibility index (Phi) is 1.96. The second-order valence-electron chi connectivity index (χ2n) is 2.98. The first-order chi connectivity index (χ1) is 6.72. The number of ether oxygens (including phenoxy) is 1. The second kappa shape index (κ2) is 3.14. The third-order valence-corrected chi connectivity index (χ3v) is 2.08. The highest BCUT2D eigenvalue weighted by Gasteiger charge is 2.11. The third kappa shape index (κ3) is 1.25. The van der Waals surface area contributed by atoms with Crippen molar-refractivity contribution in [2.75, 3.05) is 7.11 Å². The lowest BCUT2D eigenvalue weighted by molar-refractivity contribution is 0.0600. The molecule has 1 aromatic heterocycles. The van der Waals surface area contributed by atoms with Gasteiger partial charge in [-0.05, 0) is 24.6 Å². The van der Waals surface area contributed by atoms with Crippen molar-refractivity contribution in [1.82, 2.24) is 4.98 Å². The van der Waals surface area contributed by atoms with Gasteiger partial charge in [0.05, 0.1) is 12.7 Å². The van der Waals surface area contributed by atoms with E-state index in [-0.39, 0.29) is 5.97 Å². The number of methoxy groups -OCH3 is 1. The summed E-state index contributed by atoms with van der Waals surface area (Å²) < 4.78 is 9.75. The Labute approximate surface area is 80.5 Å². The molecule has 0 atom stereocenters. The summed E-state index contributed by atoms with van der Waals surface area (Å²) >= 11 is 0. The summed E-state index contributed by atoms with van der Waals surface area (Å²) in [5.74, 6) is -0.354. The Morgan fingerprint density at radius 1 is 1.50 bits per heavy atom. The van der Waals surface area contributed by atoms with Gasteiger partial charge in [0.1, 0.15) is 5.52 Å². The smallest absolute Gasteiger partial charge is 0.338 e. The van der Waals surface area contributed by atoms with Crippen molar-refractivity contribution in [1.29, 1.82) is 0 Å². The summed E-state index contributed by atoms with van der Waals surface area (Å²) in [5, 5.41) is 0. The van der Waals surface area contributed by atoms with E-state index in [1.54, 1.807) is 12.1 Å². The number of hydrogen-bond donors (Lipinski definition) is 0. The van der Waals surface area contributed by atoms with Crippen molar-refractivity contribution in [3.63, 3.8) is 0 Å². The van der Waals surface area contributed by atoms with Gasteiger partial charge in [-0.15, -0.1) is 0 Å². The van der Waals surface area contributed by atoms with Gasteiger partial charge in [0.15, 0.2) is 12.0 Å². The molecule has 4 nitrogen and oxygen atoms in total. The zero-order valence-electron chi connectivity index (χ0n) is 7.90. The Balaban J connectivity index is 2.64. The number of aryl methyl sites for hydroxylation is 1. The molecule has 0 saturated heterocycles. The highest BCUT2D eigenvalue weighted by atomic mass is 16.5. The van der Waals surface area contributed by atoms with E-state index in [1.807, 2.05) is 6.92 Å². The fraction of sp³-hybridized carbons (Fsp3) is 0.200. The molecule has 14 heavy (non-hydrogen) atoms. The van der Waals surface area contributed by atoms with Crippen molar-refractivity contribution in [3.8, 4) is 0 Å². The lowest BCUT2D eigenvalue weighted by Gasteiger charge is -2.02. The predicted octanol–water partition coefficient (Wildman–Crippen LogP) is 1.92. The maximum absolute atomic E-state index is 11.3. The minimum absolute atomic E-state index is 0.354. The molecule has 72 valence electrons. The van der Waals surface area contributed by atoms with Crippen molar-refractivity contribution < 1.29 is 13.9 Å². The van der Waals surface area contributed by atoms with Crippen molar-refractivity contribution in [2.24, 2.45) is 0 Å². The molecule has 0 saturated carbocycles. The highest BCUT2D eigenvalue weighted by molar-refractivity contribution is 5.94. The van der Waals surface area contributed by atoms with E-state index < -0.39 is 0 Å². The van der Waals surface area contributed by atoms with Crippen molar-refractivity contribution in [2.45, 2.75) is 6.92 Å². The molecule has 2 rings (SSSR count). The fourth-order valence-electron chi connectivity index (χ4n) is 1.34. The van der Waals surface area contributed by atoms with Crippen LogP contribution in [0.15, 0.2) is 22.9 Å². The summed E-state index contributed by atoms with van der Waals surface area (Å²) in [7, 11) is 1.36. The number of aromatic nitrogens is 1. The average molecular weight is 191 g/mol. The molecule has 0 aliphatic heterocycles. The zero-order valence-corrected chi connectivity index (χ0v) is 7.90. The Bertz CT molecular complexity index is 487. The fourth-order valence-corrected chi connectivity index (χ4v) is 1.34. The van der Waals surface area contributed by atoms with Crippen molar-refractivity contribution in [3.05, 3.63) is 29.7 Å². The molecule has 0 amide bonds. The summed E-state index contributed by atoms with van der Waals surface area (Å²) in [6.45, 7) is 1.83. The molecule has 2 aromatic rings. The number of hydrogen-bond acceptors (Lipinski definition) is 4. The summed E-state index contributed by atoms with van der Waals surface area (Å²) in [4.78, 5) is 15.3.